The first-order valence-electron chi connectivity index (χ1n) is 8.49. The quantitative estimate of drug-likeness (QED) is 0.408. The molecule has 0 fully saturated rings. The van der Waals surface area contributed by atoms with Gasteiger partial charge in [0.1, 0.15) is 11.5 Å². The normalized spacial score (nSPS) is 12.7. The molecule has 2 rings (SSSR count). The largest absolute Gasteiger partial charge is 0.508 e. The van der Waals surface area contributed by atoms with Crippen molar-refractivity contribution in [3.8, 4) is 11.5 Å². The Balaban J connectivity index is 2.26. The summed E-state index contributed by atoms with van der Waals surface area (Å²) in [5, 5.41) is 13.4. The Kier molecular flexibility index (Phi) is 6.34. The highest BCUT2D eigenvalue weighted by Crippen LogP contribution is 2.37. The third-order valence-corrected chi connectivity index (χ3v) is 4.81. The average molecular weight is 379 g/mol. The van der Waals surface area contributed by atoms with Gasteiger partial charge in [-0.3, -0.25) is 4.57 Å². The van der Waals surface area contributed by atoms with Crippen LogP contribution in [0.25, 0.3) is 0 Å². The molecule has 1 unspecified atom stereocenters. The Labute approximate surface area is 154 Å². The van der Waals surface area contributed by atoms with Crippen molar-refractivity contribution in [3.63, 3.8) is 0 Å². The number of hydrogen-bond acceptors (Lipinski definition) is 4. The summed E-state index contributed by atoms with van der Waals surface area (Å²) in [5.41, 5.74) is 4.45. The Bertz CT molecular complexity index is 808. The fourth-order valence-corrected chi connectivity index (χ4v) is 3.07. The van der Waals surface area contributed by atoms with Crippen LogP contribution in [-0.2, 0) is 4.57 Å². The van der Waals surface area contributed by atoms with E-state index in [1.165, 1.54) is 0 Å². The molecule has 0 saturated heterocycles. The highest BCUT2D eigenvalue weighted by Gasteiger charge is 2.15. The Morgan fingerprint density at radius 3 is 2.31 bits per heavy atom. The van der Waals surface area contributed by atoms with Gasteiger partial charge in [-0.2, -0.15) is 0 Å². The van der Waals surface area contributed by atoms with Gasteiger partial charge in [0, 0.05) is 11.4 Å². The Morgan fingerprint density at radius 2 is 1.77 bits per heavy atom. The second-order valence-corrected chi connectivity index (χ2v) is 8.17. The summed E-state index contributed by atoms with van der Waals surface area (Å²) < 4.78 is 16.2. The van der Waals surface area contributed by atoms with E-state index in [1.54, 1.807) is 18.2 Å². The summed E-state index contributed by atoms with van der Waals surface area (Å²) in [6.07, 6.45) is 0.287. The minimum absolute atomic E-state index is 0.252. The zero-order chi connectivity index (χ0) is 19.5. The van der Waals surface area contributed by atoms with Gasteiger partial charge in [0.2, 0.25) is 0 Å². The smallest absolute Gasteiger partial charge is 0.362 e. The van der Waals surface area contributed by atoms with Gasteiger partial charge in [0.25, 0.3) is 0 Å². The molecule has 26 heavy (non-hydrogen) atoms. The SMILES string of the molecule is CCC(C)c1cc(Nc2c(C)cc(OCP(=O)(O)O)cc2C)ccc1O. The third-order valence-electron chi connectivity index (χ3n) is 4.35. The van der Waals surface area contributed by atoms with E-state index in [0.29, 0.717) is 11.5 Å². The molecule has 0 saturated carbocycles. The van der Waals surface area contributed by atoms with Gasteiger partial charge in [-0.15, -0.1) is 0 Å². The number of aryl methyl sites for hydroxylation is 2. The van der Waals surface area contributed by atoms with Crippen LogP contribution in [0.15, 0.2) is 30.3 Å². The molecule has 0 heterocycles. The maximum Gasteiger partial charge on any atom is 0.362 e. The van der Waals surface area contributed by atoms with E-state index in [1.807, 2.05) is 26.0 Å². The Hall–Kier alpha value is -2.01. The van der Waals surface area contributed by atoms with Crippen molar-refractivity contribution in [1.82, 2.24) is 0 Å². The molecule has 0 bridgehead atoms. The lowest BCUT2D eigenvalue weighted by molar-refractivity contribution is 0.300. The first kappa shape index (κ1) is 20.3. The summed E-state index contributed by atoms with van der Waals surface area (Å²) in [6, 6.07) is 8.92. The first-order chi connectivity index (χ1) is 12.1. The van der Waals surface area contributed by atoms with E-state index < -0.39 is 13.9 Å². The van der Waals surface area contributed by atoms with Gasteiger partial charge in [-0.05, 0) is 73.2 Å². The Morgan fingerprint density at radius 1 is 1.15 bits per heavy atom. The summed E-state index contributed by atoms with van der Waals surface area (Å²) in [4.78, 5) is 17.9. The van der Waals surface area contributed by atoms with E-state index in [9.17, 15) is 9.67 Å². The molecule has 0 aromatic heterocycles. The molecule has 1 atom stereocenters. The minimum atomic E-state index is -4.21. The number of benzene rings is 2. The van der Waals surface area contributed by atoms with Crippen molar-refractivity contribution in [1.29, 1.82) is 0 Å². The number of rotatable bonds is 7. The monoisotopic (exact) mass is 379 g/mol. The molecule has 0 aliphatic carbocycles. The highest BCUT2D eigenvalue weighted by atomic mass is 31.2. The van der Waals surface area contributed by atoms with Crippen LogP contribution in [0.1, 0.15) is 42.9 Å². The van der Waals surface area contributed by atoms with Crippen LogP contribution >= 0.6 is 7.60 Å². The number of phenols is 1. The van der Waals surface area contributed by atoms with Crippen LogP contribution < -0.4 is 10.1 Å². The lowest BCUT2D eigenvalue weighted by Gasteiger charge is -2.18. The maximum atomic E-state index is 11.0. The van der Waals surface area contributed by atoms with Crippen molar-refractivity contribution >= 4 is 19.0 Å². The predicted octanol–water partition coefficient (Wildman–Crippen LogP) is 4.78. The fourth-order valence-electron chi connectivity index (χ4n) is 2.75. The standard InChI is InChI=1S/C19H26NO5P/c1-5-12(2)17-10-15(6-7-18(17)21)20-19-13(3)8-16(9-14(19)4)25-11-26(22,23)24/h6-10,12,20-21H,5,11H2,1-4H3,(H2,22,23,24). The van der Waals surface area contributed by atoms with Crippen LogP contribution in [-0.4, -0.2) is 21.2 Å². The van der Waals surface area contributed by atoms with Gasteiger partial charge < -0.3 is 24.9 Å². The molecular weight excluding hydrogens is 353 g/mol. The lowest BCUT2D eigenvalue weighted by atomic mass is 9.97. The van der Waals surface area contributed by atoms with Gasteiger partial charge in [0.15, 0.2) is 6.35 Å². The number of nitrogens with one attached hydrogen (secondary N) is 1. The zero-order valence-electron chi connectivity index (χ0n) is 15.5. The van der Waals surface area contributed by atoms with Crippen LogP contribution in [0.4, 0.5) is 11.4 Å². The number of phenolic OH excluding ortho intramolecular Hbond substituents is 1. The van der Waals surface area contributed by atoms with Crippen molar-refractivity contribution in [2.24, 2.45) is 0 Å². The predicted molar refractivity (Wildman–Crippen MR) is 104 cm³/mol. The van der Waals surface area contributed by atoms with Crippen molar-refractivity contribution in [3.05, 3.63) is 47.0 Å². The average Bonchev–Trinajstić information content (AvgIpc) is 2.56. The molecule has 2 aromatic rings. The molecule has 0 aliphatic heterocycles. The van der Waals surface area contributed by atoms with E-state index in [4.69, 9.17) is 14.5 Å². The van der Waals surface area contributed by atoms with Crippen LogP contribution in [0, 0.1) is 13.8 Å². The topological polar surface area (TPSA) is 99.0 Å². The number of hydrogen-bond donors (Lipinski definition) is 4. The molecule has 0 radical (unpaired) electrons. The number of aromatic hydroxyl groups is 1. The van der Waals surface area contributed by atoms with Gasteiger partial charge in [0.05, 0.1) is 0 Å². The van der Waals surface area contributed by atoms with Crippen molar-refractivity contribution in [2.45, 2.75) is 40.0 Å². The molecule has 4 N–H and O–H groups in total. The molecule has 142 valence electrons. The lowest BCUT2D eigenvalue weighted by Crippen LogP contribution is -2.02. The fraction of sp³-hybridized carbons (Fsp3) is 0.368. The van der Waals surface area contributed by atoms with E-state index in [2.05, 4.69) is 19.2 Å². The molecule has 2 aromatic carbocycles. The molecule has 0 amide bonds. The van der Waals surface area contributed by atoms with Crippen LogP contribution in [0.2, 0.25) is 0 Å². The summed E-state index contributed by atoms with van der Waals surface area (Å²) in [6.45, 7) is 7.95. The summed E-state index contributed by atoms with van der Waals surface area (Å²) >= 11 is 0. The summed E-state index contributed by atoms with van der Waals surface area (Å²) in [7, 11) is -4.21. The van der Waals surface area contributed by atoms with Crippen LogP contribution in [0.3, 0.4) is 0 Å². The molecule has 0 aliphatic rings. The van der Waals surface area contributed by atoms with Crippen molar-refractivity contribution in [2.75, 3.05) is 11.7 Å². The summed E-state index contributed by atoms with van der Waals surface area (Å²) in [5.74, 6) is 0.960. The van der Waals surface area contributed by atoms with Crippen molar-refractivity contribution < 1.29 is 24.2 Å². The van der Waals surface area contributed by atoms with Gasteiger partial charge in [-0.25, -0.2) is 0 Å². The van der Waals surface area contributed by atoms with E-state index >= 15 is 0 Å². The molecular formula is C19H26NO5P. The molecule has 7 heteroatoms. The second-order valence-electron chi connectivity index (χ2n) is 6.58. The molecule has 6 nitrogen and oxygen atoms in total. The first-order valence-corrected chi connectivity index (χ1v) is 10.3. The van der Waals surface area contributed by atoms with Gasteiger partial charge in [-0.1, -0.05) is 13.8 Å². The number of ether oxygens (including phenoxy) is 1. The zero-order valence-corrected chi connectivity index (χ0v) is 16.4. The maximum absolute atomic E-state index is 11.0. The third kappa shape index (κ3) is 5.24. The second kappa shape index (κ2) is 8.12. The minimum Gasteiger partial charge on any atom is -0.508 e. The van der Waals surface area contributed by atoms with Gasteiger partial charge >= 0.3 is 7.60 Å². The van der Waals surface area contributed by atoms with E-state index in [0.717, 1.165) is 34.5 Å². The highest BCUT2D eigenvalue weighted by molar-refractivity contribution is 7.51. The number of anilines is 2. The molecule has 0 spiro atoms. The van der Waals surface area contributed by atoms with Crippen LogP contribution in [0.5, 0.6) is 11.5 Å². The van der Waals surface area contributed by atoms with E-state index in [-0.39, 0.29) is 5.92 Å².